The summed E-state index contributed by atoms with van der Waals surface area (Å²) >= 11 is 5.49. The van der Waals surface area contributed by atoms with Crippen molar-refractivity contribution in [2.24, 2.45) is 0 Å². The van der Waals surface area contributed by atoms with Crippen LogP contribution in [0.2, 0.25) is 0 Å². The van der Waals surface area contributed by atoms with Crippen molar-refractivity contribution >= 4 is 23.3 Å². The van der Waals surface area contributed by atoms with E-state index in [4.69, 9.17) is 21.7 Å². The molecule has 0 aliphatic carbocycles. The summed E-state index contributed by atoms with van der Waals surface area (Å²) in [6.07, 6.45) is 0. The van der Waals surface area contributed by atoms with Gasteiger partial charge in [-0.15, -0.1) is 0 Å². The number of nitrogens with zero attached hydrogens (tertiary/aromatic N) is 1. The van der Waals surface area contributed by atoms with Crippen molar-refractivity contribution in [3.63, 3.8) is 0 Å². The van der Waals surface area contributed by atoms with E-state index in [1.165, 1.54) is 12.1 Å². The van der Waals surface area contributed by atoms with Gasteiger partial charge in [-0.1, -0.05) is 12.1 Å². The first-order chi connectivity index (χ1) is 11.9. The summed E-state index contributed by atoms with van der Waals surface area (Å²) in [5.41, 5.74) is 1.72. The maximum atomic E-state index is 13.7. The Hall–Kier alpha value is -1.99. The van der Waals surface area contributed by atoms with Gasteiger partial charge in [-0.3, -0.25) is 0 Å². The Bertz CT molecular complexity index is 693. The van der Waals surface area contributed by atoms with E-state index in [9.17, 15) is 9.18 Å². The van der Waals surface area contributed by atoms with Crippen LogP contribution in [0, 0.1) is 5.82 Å². The average molecular weight is 366 g/mol. The molecule has 1 aliphatic rings. The van der Waals surface area contributed by atoms with Crippen molar-refractivity contribution in [1.29, 1.82) is 0 Å². The van der Waals surface area contributed by atoms with Crippen LogP contribution in [0.1, 0.15) is 32.4 Å². The summed E-state index contributed by atoms with van der Waals surface area (Å²) < 4.78 is 24.1. The third-order valence-electron chi connectivity index (χ3n) is 4.05. The molecular formula is C18H23FN2O3S. The van der Waals surface area contributed by atoms with E-state index in [1.54, 1.807) is 26.2 Å². The van der Waals surface area contributed by atoms with Crippen molar-refractivity contribution in [2.75, 3.05) is 20.3 Å². The summed E-state index contributed by atoms with van der Waals surface area (Å²) in [6.45, 7) is 6.21. The average Bonchev–Trinajstić information content (AvgIpc) is 2.54. The Kier molecular flexibility index (Phi) is 6.50. The Balaban J connectivity index is 2.53. The molecule has 0 bridgehead atoms. The van der Waals surface area contributed by atoms with Crippen molar-refractivity contribution in [3.05, 3.63) is 46.9 Å². The quantitative estimate of drug-likeness (QED) is 0.617. The molecule has 5 nitrogen and oxygen atoms in total. The van der Waals surface area contributed by atoms with Crippen molar-refractivity contribution in [2.45, 2.75) is 32.9 Å². The molecule has 2 rings (SSSR count). The van der Waals surface area contributed by atoms with Crippen molar-refractivity contribution in [3.8, 4) is 0 Å². The maximum absolute atomic E-state index is 13.7. The molecule has 1 N–H and O–H groups in total. The van der Waals surface area contributed by atoms with E-state index >= 15 is 0 Å². The molecule has 2 atom stereocenters. The zero-order valence-electron chi connectivity index (χ0n) is 14.8. The van der Waals surface area contributed by atoms with Crippen LogP contribution in [0.5, 0.6) is 0 Å². The molecule has 1 aromatic carbocycles. The van der Waals surface area contributed by atoms with Gasteiger partial charge in [0.15, 0.2) is 5.11 Å². The Labute approximate surface area is 152 Å². The van der Waals surface area contributed by atoms with Gasteiger partial charge in [-0.2, -0.15) is 0 Å². The summed E-state index contributed by atoms with van der Waals surface area (Å²) in [4.78, 5) is 14.4. The second-order valence-electron chi connectivity index (χ2n) is 5.83. The summed E-state index contributed by atoms with van der Waals surface area (Å²) in [7, 11) is 1.61. The monoisotopic (exact) mass is 366 g/mol. The summed E-state index contributed by atoms with van der Waals surface area (Å²) in [5, 5.41) is 3.61. The molecule has 1 aromatic rings. The molecule has 1 aliphatic heterocycles. The molecule has 0 unspecified atom stereocenters. The fraction of sp³-hybridized carbons (Fsp3) is 0.444. The van der Waals surface area contributed by atoms with Crippen LogP contribution >= 0.6 is 12.2 Å². The number of rotatable bonds is 6. The predicted molar refractivity (Wildman–Crippen MR) is 97.4 cm³/mol. The zero-order valence-corrected chi connectivity index (χ0v) is 15.7. The van der Waals surface area contributed by atoms with Crippen LogP contribution in [-0.2, 0) is 14.3 Å². The van der Waals surface area contributed by atoms with E-state index < -0.39 is 12.0 Å². The van der Waals surface area contributed by atoms with Gasteiger partial charge >= 0.3 is 5.97 Å². The minimum atomic E-state index is -0.562. The lowest BCUT2D eigenvalue weighted by Crippen LogP contribution is -2.52. The minimum absolute atomic E-state index is 0.0668. The Morgan fingerprint density at radius 2 is 2.20 bits per heavy atom. The molecule has 0 saturated carbocycles. The maximum Gasteiger partial charge on any atom is 0.338 e. The van der Waals surface area contributed by atoms with Crippen LogP contribution in [0.15, 0.2) is 35.5 Å². The number of thiocarbonyl (C=S) groups is 1. The number of carbonyl (C=O) groups excluding carboxylic acids is 1. The molecule has 0 amide bonds. The first-order valence-electron chi connectivity index (χ1n) is 8.12. The number of allylic oxidation sites excluding steroid dienone is 1. The van der Waals surface area contributed by atoms with Crippen LogP contribution in [0.25, 0.3) is 0 Å². The molecule has 0 aromatic heterocycles. The highest BCUT2D eigenvalue weighted by atomic mass is 32.1. The molecule has 0 saturated heterocycles. The Morgan fingerprint density at radius 3 is 2.80 bits per heavy atom. The third kappa shape index (κ3) is 4.16. The number of halogens is 1. The number of nitrogens with one attached hydrogen (secondary N) is 1. The highest BCUT2D eigenvalue weighted by molar-refractivity contribution is 7.80. The van der Waals surface area contributed by atoms with Gasteiger partial charge in [0.05, 0.1) is 30.9 Å². The van der Waals surface area contributed by atoms with Crippen LogP contribution in [0.4, 0.5) is 4.39 Å². The van der Waals surface area contributed by atoms with E-state index in [2.05, 4.69) is 5.32 Å². The molecule has 1 heterocycles. The highest BCUT2D eigenvalue weighted by Gasteiger charge is 2.36. The fourth-order valence-corrected chi connectivity index (χ4v) is 3.45. The Morgan fingerprint density at radius 1 is 1.48 bits per heavy atom. The van der Waals surface area contributed by atoms with Crippen LogP contribution < -0.4 is 5.32 Å². The SMILES string of the molecule is CCOC(=O)C1=C(C)N([C@H](C)COC)C(=S)N[C@H]1c1cccc(F)c1. The smallest absolute Gasteiger partial charge is 0.338 e. The minimum Gasteiger partial charge on any atom is -0.463 e. The van der Waals surface area contributed by atoms with Gasteiger partial charge in [0, 0.05) is 12.8 Å². The fourth-order valence-electron chi connectivity index (χ4n) is 3.01. The van der Waals surface area contributed by atoms with Gasteiger partial charge < -0.3 is 19.7 Å². The summed E-state index contributed by atoms with van der Waals surface area (Å²) in [5.74, 6) is -0.819. The number of esters is 1. The summed E-state index contributed by atoms with van der Waals surface area (Å²) in [6, 6.07) is 5.48. The second-order valence-corrected chi connectivity index (χ2v) is 6.22. The number of hydrogen-bond acceptors (Lipinski definition) is 4. The number of methoxy groups -OCH3 is 1. The van der Waals surface area contributed by atoms with Gasteiger partial charge in [0.1, 0.15) is 5.82 Å². The zero-order chi connectivity index (χ0) is 18.6. The lowest BCUT2D eigenvalue weighted by Gasteiger charge is -2.40. The van der Waals surface area contributed by atoms with E-state index in [0.29, 0.717) is 28.6 Å². The molecule has 0 fully saturated rings. The van der Waals surface area contributed by atoms with Gasteiger partial charge in [0.25, 0.3) is 0 Å². The largest absolute Gasteiger partial charge is 0.463 e. The lowest BCUT2D eigenvalue weighted by molar-refractivity contribution is -0.139. The number of benzene rings is 1. The van der Waals surface area contributed by atoms with Crippen molar-refractivity contribution in [1.82, 2.24) is 10.2 Å². The van der Waals surface area contributed by atoms with E-state index in [1.807, 2.05) is 18.7 Å². The topological polar surface area (TPSA) is 50.8 Å². The van der Waals surface area contributed by atoms with Crippen molar-refractivity contribution < 1.29 is 18.7 Å². The van der Waals surface area contributed by atoms with Gasteiger partial charge in [-0.05, 0) is 50.7 Å². The number of carbonyl (C=O) groups is 1. The first kappa shape index (κ1) is 19.3. The van der Waals surface area contributed by atoms with E-state index in [-0.39, 0.29) is 18.5 Å². The molecule has 25 heavy (non-hydrogen) atoms. The standard InChI is InChI=1S/C18H23FN2O3S/c1-5-24-17(22)15-12(3)21(11(2)10-23-4)18(25)20-16(15)13-7-6-8-14(19)9-13/h6-9,11,16H,5,10H2,1-4H3,(H,20,25)/t11-,16+/m1/s1. The van der Waals surface area contributed by atoms with Crippen LogP contribution in [0.3, 0.4) is 0 Å². The normalized spacial score (nSPS) is 18.8. The predicted octanol–water partition coefficient (Wildman–Crippen LogP) is 2.93. The molecule has 0 spiro atoms. The van der Waals surface area contributed by atoms with Crippen LogP contribution in [-0.4, -0.2) is 42.3 Å². The molecule has 7 heteroatoms. The first-order valence-corrected chi connectivity index (χ1v) is 8.53. The lowest BCUT2D eigenvalue weighted by atomic mass is 9.94. The number of hydrogen-bond donors (Lipinski definition) is 1. The second kappa shape index (κ2) is 8.40. The van der Waals surface area contributed by atoms with Gasteiger partial charge in [-0.25, -0.2) is 9.18 Å². The number of ether oxygens (including phenoxy) is 2. The third-order valence-corrected chi connectivity index (χ3v) is 4.37. The highest BCUT2D eigenvalue weighted by Crippen LogP contribution is 2.32. The molecule has 136 valence electrons. The van der Waals surface area contributed by atoms with E-state index in [0.717, 1.165) is 0 Å². The molecule has 0 radical (unpaired) electrons. The molecular weight excluding hydrogens is 343 g/mol. The van der Waals surface area contributed by atoms with Gasteiger partial charge in [0.2, 0.25) is 0 Å².